The Bertz CT molecular complexity index is 443. The number of rotatable bonds is 3. The van der Waals surface area contributed by atoms with Gasteiger partial charge in [-0.05, 0) is 18.1 Å². The highest BCUT2D eigenvalue weighted by Gasteiger charge is 1.96. The molecule has 0 radical (unpaired) electrons. The van der Waals surface area contributed by atoms with E-state index in [2.05, 4.69) is 11.9 Å². The monoisotopic (exact) mass is 199 g/mol. The van der Waals surface area contributed by atoms with E-state index < -0.39 is 0 Å². The maximum Gasteiger partial charge on any atom is 0.218 e. The molecule has 1 aromatic carbocycles. The summed E-state index contributed by atoms with van der Waals surface area (Å²) in [6.07, 6.45) is 6.48. The summed E-state index contributed by atoms with van der Waals surface area (Å²) in [6, 6.07) is 10.1. The van der Waals surface area contributed by atoms with Crippen LogP contribution in [0.5, 0.6) is 0 Å². The first-order valence-corrected chi connectivity index (χ1v) is 5.06. The van der Waals surface area contributed by atoms with Gasteiger partial charge in [-0.1, -0.05) is 37.3 Å². The van der Waals surface area contributed by atoms with Gasteiger partial charge in [-0.25, -0.2) is 4.98 Å². The lowest BCUT2D eigenvalue weighted by molar-refractivity contribution is 0.545. The number of hydrogen-bond acceptors (Lipinski definition) is 2. The number of oxazole rings is 1. The number of hydrogen-bond donors (Lipinski definition) is 0. The van der Waals surface area contributed by atoms with Crippen LogP contribution in [0.4, 0.5) is 0 Å². The maximum absolute atomic E-state index is 5.28. The van der Waals surface area contributed by atoms with Crippen molar-refractivity contribution in [2.75, 3.05) is 0 Å². The van der Waals surface area contributed by atoms with Crippen molar-refractivity contribution in [2.45, 2.75) is 13.3 Å². The van der Waals surface area contributed by atoms with Gasteiger partial charge in [0, 0.05) is 6.08 Å². The Labute approximate surface area is 89.3 Å². The Morgan fingerprint density at radius 1 is 1.20 bits per heavy atom. The molecule has 2 rings (SSSR count). The van der Waals surface area contributed by atoms with Crippen molar-refractivity contribution in [3.05, 3.63) is 53.7 Å². The molecule has 2 aromatic rings. The largest absolute Gasteiger partial charge is 0.445 e. The minimum Gasteiger partial charge on any atom is -0.445 e. The molecule has 2 nitrogen and oxygen atoms in total. The van der Waals surface area contributed by atoms with Crippen LogP contribution < -0.4 is 0 Å². The molecule has 0 fully saturated rings. The molecule has 0 saturated carbocycles. The van der Waals surface area contributed by atoms with E-state index in [1.165, 1.54) is 0 Å². The van der Waals surface area contributed by atoms with E-state index in [0.29, 0.717) is 5.89 Å². The second-order valence-electron chi connectivity index (χ2n) is 3.27. The Balaban J connectivity index is 2.11. The topological polar surface area (TPSA) is 26.0 Å². The summed E-state index contributed by atoms with van der Waals surface area (Å²) in [6.45, 7) is 2.06. The molecule has 0 spiro atoms. The van der Waals surface area contributed by atoms with E-state index in [1.807, 2.05) is 42.5 Å². The van der Waals surface area contributed by atoms with E-state index in [9.17, 15) is 0 Å². The standard InChI is InChI=1S/C13H13NO/c1-2-12-10-15-13(14-12)9-8-11-6-4-3-5-7-11/h3-10H,2H2,1H3. The average molecular weight is 199 g/mol. The van der Waals surface area contributed by atoms with Gasteiger partial charge in [-0.2, -0.15) is 0 Å². The molecule has 0 aliphatic heterocycles. The van der Waals surface area contributed by atoms with Gasteiger partial charge in [-0.15, -0.1) is 0 Å². The molecule has 0 atom stereocenters. The minimum absolute atomic E-state index is 0.663. The van der Waals surface area contributed by atoms with E-state index in [-0.39, 0.29) is 0 Å². The van der Waals surface area contributed by atoms with E-state index >= 15 is 0 Å². The van der Waals surface area contributed by atoms with Gasteiger partial charge < -0.3 is 4.42 Å². The zero-order valence-electron chi connectivity index (χ0n) is 8.68. The molecular formula is C13H13NO. The maximum atomic E-state index is 5.28. The third-order valence-electron chi connectivity index (χ3n) is 2.15. The molecule has 76 valence electrons. The zero-order chi connectivity index (χ0) is 10.5. The fourth-order valence-corrected chi connectivity index (χ4v) is 1.29. The number of nitrogens with zero attached hydrogens (tertiary/aromatic N) is 1. The summed E-state index contributed by atoms with van der Waals surface area (Å²) in [5.41, 5.74) is 2.14. The molecule has 0 aliphatic carbocycles. The molecule has 2 heteroatoms. The van der Waals surface area contributed by atoms with Gasteiger partial charge in [0.1, 0.15) is 6.26 Å². The van der Waals surface area contributed by atoms with Crippen molar-refractivity contribution >= 4 is 12.2 Å². The second-order valence-corrected chi connectivity index (χ2v) is 3.27. The summed E-state index contributed by atoms with van der Waals surface area (Å²) >= 11 is 0. The summed E-state index contributed by atoms with van der Waals surface area (Å²) in [5, 5.41) is 0. The van der Waals surface area contributed by atoms with Gasteiger partial charge >= 0.3 is 0 Å². The average Bonchev–Trinajstić information content (AvgIpc) is 2.76. The fourth-order valence-electron chi connectivity index (χ4n) is 1.29. The Morgan fingerprint density at radius 3 is 2.67 bits per heavy atom. The van der Waals surface area contributed by atoms with Crippen LogP contribution >= 0.6 is 0 Å². The van der Waals surface area contributed by atoms with Gasteiger partial charge in [0.15, 0.2) is 0 Å². The van der Waals surface area contributed by atoms with Crippen LogP contribution in [0.25, 0.3) is 12.2 Å². The fraction of sp³-hybridized carbons (Fsp3) is 0.154. The van der Waals surface area contributed by atoms with Crippen LogP contribution in [0.2, 0.25) is 0 Å². The highest BCUT2D eigenvalue weighted by molar-refractivity contribution is 5.65. The molecule has 0 saturated heterocycles. The predicted octanol–water partition coefficient (Wildman–Crippen LogP) is 3.41. The minimum atomic E-state index is 0.663. The molecule has 0 N–H and O–H groups in total. The first kappa shape index (κ1) is 9.71. The van der Waals surface area contributed by atoms with Gasteiger partial charge in [0.05, 0.1) is 5.69 Å². The Kier molecular flexibility index (Phi) is 2.98. The SMILES string of the molecule is CCc1coc(C=Cc2ccccc2)n1. The number of aryl methyl sites for hydroxylation is 1. The highest BCUT2D eigenvalue weighted by atomic mass is 16.3. The Morgan fingerprint density at radius 2 is 2.00 bits per heavy atom. The molecule has 15 heavy (non-hydrogen) atoms. The van der Waals surface area contributed by atoms with Crippen molar-refractivity contribution in [3.8, 4) is 0 Å². The van der Waals surface area contributed by atoms with Crippen LogP contribution in [-0.4, -0.2) is 4.98 Å². The molecule has 1 aromatic heterocycles. The third-order valence-corrected chi connectivity index (χ3v) is 2.15. The lowest BCUT2D eigenvalue weighted by atomic mass is 10.2. The summed E-state index contributed by atoms with van der Waals surface area (Å²) < 4.78 is 5.28. The van der Waals surface area contributed by atoms with E-state index in [0.717, 1.165) is 17.7 Å². The van der Waals surface area contributed by atoms with Crippen LogP contribution in [0.1, 0.15) is 24.1 Å². The lowest BCUT2D eigenvalue weighted by Crippen LogP contribution is -1.78. The smallest absolute Gasteiger partial charge is 0.218 e. The molecule has 1 heterocycles. The zero-order valence-corrected chi connectivity index (χ0v) is 8.68. The lowest BCUT2D eigenvalue weighted by Gasteiger charge is -1.89. The normalized spacial score (nSPS) is 11.0. The molecule has 0 amide bonds. The summed E-state index contributed by atoms with van der Waals surface area (Å²) in [7, 11) is 0. The molecular weight excluding hydrogens is 186 g/mol. The van der Waals surface area contributed by atoms with E-state index in [1.54, 1.807) is 6.26 Å². The molecule has 0 bridgehead atoms. The van der Waals surface area contributed by atoms with Crippen LogP contribution in [0.3, 0.4) is 0 Å². The van der Waals surface area contributed by atoms with Gasteiger partial charge in [0.25, 0.3) is 0 Å². The number of benzene rings is 1. The van der Waals surface area contributed by atoms with Crippen molar-refractivity contribution in [2.24, 2.45) is 0 Å². The third kappa shape index (κ3) is 2.56. The number of aromatic nitrogens is 1. The Hall–Kier alpha value is -1.83. The van der Waals surface area contributed by atoms with Crippen molar-refractivity contribution in [1.82, 2.24) is 4.98 Å². The quantitative estimate of drug-likeness (QED) is 0.757. The van der Waals surface area contributed by atoms with Crippen molar-refractivity contribution < 1.29 is 4.42 Å². The summed E-state index contributed by atoms with van der Waals surface area (Å²) in [4.78, 5) is 4.29. The van der Waals surface area contributed by atoms with Crippen LogP contribution in [-0.2, 0) is 6.42 Å². The van der Waals surface area contributed by atoms with Gasteiger partial charge in [0.2, 0.25) is 5.89 Å². The first-order valence-electron chi connectivity index (χ1n) is 5.06. The molecule has 0 unspecified atom stereocenters. The van der Waals surface area contributed by atoms with E-state index in [4.69, 9.17) is 4.42 Å². The highest BCUT2D eigenvalue weighted by Crippen LogP contribution is 2.08. The predicted molar refractivity (Wildman–Crippen MR) is 61.3 cm³/mol. The van der Waals surface area contributed by atoms with Crippen molar-refractivity contribution in [3.63, 3.8) is 0 Å². The first-order chi connectivity index (χ1) is 7.38. The molecule has 0 aliphatic rings. The van der Waals surface area contributed by atoms with Crippen molar-refractivity contribution in [1.29, 1.82) is 0 Å². The van der Waals surface area contributed by atoms with Gasteiger partial charge in [-0.3, -0.25) is 0 Å². The summed E-state index contributed by atoms with van der Waals surface area (Å²) in [5.74, 6) is 0.663. The second kappa shape index (κ2) is 4.60. The van der Waals surface area contributed by atoms with Crippen LogP contribution in [0, 0.1) is 0 Å². The van der Waals surface area contributed by atoms with Crippen LogP contribution in [0.15, 0.2) is 41.0 Å².